The third-order valence-corrected chi connectivity index (χ3v) is 7.21. The highest BCUT2D eigenvalue weighted by atomic mass is 35.5. The van der Waals surface area contributed by atoms with Crippen LogP contribution in [0.3, 0.4) is 0 Å². The summed E-state index contributed by atoms with van der Waals surface area (Å²) in [6.45, 7) is 4.76. The third kappa shape index (κ3) is 5.57. The van der Waals surface area contributed by atoms with Crippen LogP contribution in [-0.4, -0.2) is 57.3 Å². The maximum Gasteiger partial charge on any atom is 0.251 e. The van der Waals surface area contributed by atoms with Gasteiger partial charge in [0.2, 0.25) is 10.0 Å². The second-order valence-electron chi connectivity index (χ2n) is 6.82. The Labute approximate surface area is 178 Å². The Kier molecular flexibility index (Phi) is 8.22. The van der Waals surface area contributed by atoms with Crippen molar-refractivity contribution in [3.05, 3.63) is 64.7 Å². The minimum Gasteiger partial charge on any atom is -0.350 e. The highest BCUT2D eigenvalue weighted by Gasteiger charge is 2.22. The van der Waals surface area contributed by atoms with E-state index in [4.69, 9.17) is 11.6 Å². The number of carbonyl (C=O) groups excluding carboxylic acids is 1. The van der Waals surface area contributed by atoms with E-state index in [1.54, 1.807) is 13.8 Å². The van der Waals surface area contributed by atoms with Gasteiger partial charge in [0, 0.05) is 30.2 Å². The number of likely N-dealkylation sites (N-methyl/N-ethyl adjacent to an activating group) is 1. The van der Waals surface area contributed by atoms with E-state index < -0.39 is 10.0 Å². The Morgan fingerprint density at radius 2 is 1.62 bits per heavy atom. The Morgan fingerprint density at radius 3 is 2.14 bits per heavy atom. The first-order chi connectivity index (χ1) is 13.7. The van der Waals surface area contributed by atoms with Crippen molar-refractivity contribution in [3.63, 3.8) is 0 Å². The number of sulfonamides is 1. The molecule has 8 heteroatoms. The molecule has 0 aliphatic heterocycles. The van der Waals surface area contributed by atoms with Crippen LogP contribution in [0.25, 0.3) is 0 Å². The van der Waals surface area contributed by atoms with Gasteiger partial charge < -0.3 is 10.2 Å². The molecule has 1 unspecified atom stereocenters. The Hall–Kier alpha value is -1.93. The van der Waals surface area contributed by atoms with E-state index in [0.717, 1.165) is 5.56 Å². The molecule has 6 nitrogen and oxygen atoms in total. The van der Waals surface area contributed by atoms with Gasteiger partial charge in [0.25, 0.3) is 5.91 Å². The van der Waals surface area contributed by atoms with E-state index in [0.29, 0.717) is 30.2 Å². The van der Waals surface area contributed by atoms with Gasteiger partial charge in [0.15, 0.2) is 0 Å². The molecule has 2 aromatic carbocycles. The van der Waals surface area contributed by atoms with Crippen LogP contribution in [-0.2, 0) is 10.0 Å². The Morgan fingerprint density at radius 1 is 1.03 bits per heavy atom. The topological polar surface area (TPSA) is 69.7 Å². The fourth-order valence-electron chi connectivity index (χ4n) is 3.10. The van der Waals surface area contributed by atoms with Crippen LogP contribution < -0.4 is 5.32 Å². The van der Waals surface area contributed by atoms with Crippen LogP contribution in [0.5, 0.6) is 0 Å². The van der Waals surface area contributed by atoms with E-state index in [9.17, 15) is 13.2 Å². The lowest BCUT2D eigenvalue weighted by atomic mass is 10.1. The molecule has 0 saturated carbocycles. The molecule has 1 amide bonds. The number of nitrogens with one attached hydrogen (secondary N) is 1. The number of carbonyl (C=O) groups is 1. The number of nitrogens with zero attached hydrogens (tertiary/aromatic N) is 2. The van der Waals surface area contributed by atoms with Gasteiger partial charge in [-0.15, -0.1) is 0 Å². The molecule has 0 aliphatic carbocycles. The summed E-state index contributed by atoms with van der Waals surface area (Å²) >= 11 is 6.30. The molecule has 0 aromatic heterocycles. The molecular weight excluding hydrogens is 410 g/mol. The van der Waals surface area contributed by atoms with Crippen molar-refractivity contribution in [2.75, 3.05) is 33.7 Å². The number of hydrogen-bond acceptors (Lipinski definition) is 4. The van der Waals surface area contributed by atoms with Crippen LogP contribution in [0.4, 0.5) is 0 Å². The maximum atomic E-state index is 12.6. The maximum absolute atomic E-state index is 12.6. The van der Waals surface area contributed by atoms with Gasteiger partial charge in [-0.25, -0.2) is 8.42 Å². The first-order valence-electron chi connectivity index (χ1n) is 9.51. The number of rotatable bonds is 9. The SMILES string of the molecule is CCN(CC)S(=O)(=O)c1ccc(C(=O)NCC(c2ccccc2Cl)N(C)C)cc1. The van der Waals surface area contributed by atoms with Crippen molar-refractivity contribution in [1.82, 2.24) is 14.5 Å². The largest absolute Gasteiger partial charge is 0.350 e. The Balaban J connectivity index is 2.12. The molecule has 29 heavy (non-hydrogen) atoms. The molecule has 0 aliphatic rings. The first kappa shape index (κ1) is 23.3. The average Bonchev–Trinajstić information content (AvgIpc) is 2.70. The molecule has 0 heterocycles. The first-order valence-corrected chi connectivity index (χ1v) is 11.3. The minimum absolute atomic E-state index is 0.0880. The lowest BCUT2D eigenvalue weighted by molar-refractivity contribution is 0.0942. The molecule has 158 valence electrons. The summed E-state index contributed by atoms with van der Waals surface area (Å²) in [4.78, 5) is 14.7. The van der Waals surface area contributed by atoms with Crippen LogP contribution in [0.15, 0.2) is 53.4 Å². The van der Waals surface area contributed by atoms with Crippen LogP contribution >= 0.6 is 11.6 Å². The summed E-state index contributed by atoms with van der Waals surface area (Å²) in [6, 6.07) is 13.5. The van der Waals surface area contributed by atoms with Gasteiger partial charge in [0.05, 0.1) is 10.9 Å². The van der Waals surface area contributed by atoms with Crippen molar-refractivity contribution in [2.24, 2.45) is 0 Å². The normalized spacial score (nSPS) is 12.9. The summed E-state index contributed by atoms with van der Waals surface area (Å²) in [6.07, 6.45) is 0. The second-order valence-corrected chi connectivity index (χ2v) is 9.17. The lowest BCUT2D eigenvalue weighted by Gasteiger charge is -2.26. The molecule has 0 spiro atoms. The molecule has 0 radical (unpaired) electrons. The number of hydrogen-bond donors (Lipinski definition) is 1. The zero-order valence-corrected chi connectivity index (χ0v) is 18.8. The summed E-state index contributed by atoms with van der Waals surface area (Å²) in [7, 11) is 0.306. The second kappa shape index (κ2) is 10.2. The van der Waals surface area contributed by atoms with Gasteiger partial charge in [-0.1, -0.05) is 43.6 Å². The summed E-state index contributed by atoms with van der Waals surface area (Å²) in [5, 5.41) is 3.56. The molecule has 1 N–H and O–H groups in total. The standard InChI is InChI=1S/C21H28ClN3O3S/c1-5-25(6-2)29(27,28)17-13-11-16(12-14-17)21(26)23-15-20(24(3)4)18-9-7-8-10-19(18)22/h7-14,20H,5-6,15H2,1-4H3,(H,23,26). The van der Waals surface area contributed by atoms with E-state index in [-0.39, 0.29) is 16.8 Å². The predicted octanol–water partition coefficient (Wildman–Crippen LogP) is 3.40. The third-order valence-electron chi connectivity index (χ3n) is 4.80. The number of benzene rings is 2. The van der Waals surface area contributed by atoms with E-state index >= 15 is 0 Å². The summed E-state index contributed by atoms with van der Waals surface area (Å²) < 4.78 is 26.5. The molecule has 0 saturated heterocycles. The fraction of sp³-hybridized carbons (Fsp3) is 0.381. The zero-order valence-electron chi connectivity index (χ0n) is 17.2. The summed E-state index contributed by atoms with van der Waals surface area (Å²) in [5.74, 6) is -0.268. The van der Waals surface area contributed by atoms with Crippen molar-refractivity contribution in [2.45, 2.75) is 24.8 Å². The van der Waals surface area contributed by atoms with Crippen LogP contribution in [0.1, 0.15) is 35.8 Å². The minimum atomic E-state index is -3.54. The van der Waals surface area contributed by atoms with Crippen molar-refractivity contribution >= 4 is 27.5 Å². The zero-order chi connectivity index (χ0) is 21.6. The highest BCUT2D eigenvalue weighted by molar-refractivity contribution is 7.89. The van der Waals surface area contributed by atoms with E-state index in [1.165, 1.54) is 28.6 Å². The van der Waals surface area contributed by atoms with Crippen molar-refractivity contribution in [1.29, 1.82) is 0 Å². The van der Waals surface area contributed by atoms with Crippen molar-refractivity contribution < 1.29 is 13.2 Å². The predicted molar refractivity (Wildman–Crippen MR) is 117 cm³/mol. The van der Waals surface area contributed by atoms with Crippen molar-refractivity contribution in [3.8, 4) is 0 Å². The van der Waals surface area contributed by atoms with Crippen LogP contribution in [0, 0.1) is 0 Å². The van der Waals surface area contributed by atoms with Gasteiger partial charge in [-0.2, -0.15) is 4.31 Å². The molecule has 2 rings (SSSR count). The monoisotopic (exact) mass is 437 g/mol. The van der Waals surface area contributed by atoms with Crippen LogP contribution in [0.2, 0.25) is 5.02 Å². The average molecular weight is 438 g/mol. The lowest BCUT2D eigenvalue weighted by Crippen LogP contribution is -2.34. The quantitative estimate of drug-likeness (QED) is 0.652. The molecule has 0 bridgehead atoms. The Bertz CT molecular complexity index is 926. The highest BCUT2D eigenvalue weighted by Crippen LogP contribution is 2.25. The number of halogens is 1. The van der Waals surface area contributed by atoms with E-state index in [1.807, 2.05) is 43.3 Å². The molecule has 2 aromatic rings. The summed E-state index contributed by atoms with van der Waals surface area (Å²) in [5.41, 5.74) is 1.33. The molecule has 0 fully saturated rings. The van der Waals surface area contributed by atoms with Gasteiger partial charge in [-0.3, -0.25) is 4.79 Å². The molecule has 1 atom stereocenters. The van der Waals surface area contributed by atoms with Gasteiger partial charge in [-0.05, 0) is 50.0 Å². The number of amides is 1. The van der Waals surface area contributed by atoms with Gasteiger partial charge in [0.1, 0.15) is 0 Å². The van der Waals surface area contributed by atoms with E-state index in [2.05, 4.69) is 5.32 Å². The molecular formula is C21H28ClN3O3S. The smallest absolute Gasteiger partial charge is 0.251 e. The van der Waals surface area contributed by atoms with Gasteiger partial charge >= 0.3 is 0 Å². The fourth-order valence-corrected chi connectivity index (χ4v) is 4.82.